The molecule has 0 saturated carbocycles. The van der Waals surface area contributed by atoms with E-state index in [0.29, 0.717) is 24.3 Å². The molecule has 0 amide bonds. The van der Waals surface area contributed by atoms with Crippen molar-refractivity contribution in [3.8, 4) is 0 Å². The second-order valence-electron chi connectivity index (χ2n) is 3.39. The lowest BCUT2D eigenvalue weighted by molar-refractivity contribution is 0.187. The van der Waals surface area contributed by atoms with Crippen LogP contribution in [0.25, 0.3) is 0 Å². The van der Waals surface area contributed by atoms with E-state index in [1.54, 1.807) is 6.07 Å². The third kappa shape index (κ3) is 3.75. The molecular formula is C10H12ClO4S. The fourth-order valence-electron chi connectivity index (χ4n) is 1.31. The lowest BCUT2D eigenvalue weighted by atomic mass is 10.1. The summed E-state index contributed by atoms with van der Waals surface area (Å²) in [6.07, 6.45) is 1.91. The molecule has 0 aliphatic carbocycles. The van der Waals surface area contributed by atoms with Crippen LogP contribution in [0.3, 0.4) is 0 Å². The molecule has 0 aliphatic heterocycles. The maximum absolute atomic E-state index is 10.8. The summed E-state index contributed by atoms with van der Waals surface area (Å²) in [7, 11) is -4.20. The second-order valence-corrected chi connectivity index (χ2v) is 5.22. The lowest BCUT2D eigenvalue weighted by Gasteiger charge is -2.05. The van der Waals surface area contributed by atoms with Gasteiger partial charge in [-0.1, -0.05) is 17.7 Å². The van der Waals surface area contributed by atoms with Crippen molar-refractivity contribution in [3.05, 3.63) is 28.8 Å². The third-order valence-electron chi connectivity index (χ3n) is 2.16. The van der Waals surface area contributed by atoms with E-state index in [1.165, 1.54) is 12.1 Å². The van der Waals surface area contributed by atoms with Gasteiger partial charge in [-0.25, -0.2) is 5.11 Å². The first-order chi connectivity index (χ1) is 7.45. The van der Waals surface area contributed by atoms with Gasteiger partial charge in [0.25, 0.3) is 10.1 Å². The molecule has 1 radical (unpaired) electrons. The molecular weight excluding hydrogens is 252 g/mol. The first-order valence-corrected chi connectivity index (χ1v) is 6.61. The number of halogens is 1. The summed E-state index contributed by atoms with van der Waals surface area (Å²) in [4.78, 5) is -0.218. The molecule has 1 N–H and O–H groups in total. The molecule has 1 aromatic rings. The highest BCUT2D eigenvalue weighted by atomic mass is 35.5. The summed E-state index contributed by atoms with van der Waals surface area (Å²) >= 11 is 5.86. The monoisotopic (exact) mass is 263 g/mol. The standard InChI is InChI=1S/C10H12ClO4S/c11-10-7-9(16(13,14)15)5-4-8(10)3-1-2-6-12/h4-5,7H,1-3,6H2,(H,13,14,15). The summed E-state index contributed by atoms with van der Waals surface area (Å²) in [5, 5.41) is 10.5. The van der Waals surface area contributed by atoms with Gasteiger partial charge in [0.2, 0.25) is 0 Å². The number of aryl methyl sites for hydroxylation is 1. The van der Waals surface area contributed by atoms with E-state index in [4.69, 9.17) is 16.2 Å². The maximum atomic E-state index is 10.8. The van der Waals surface area contributed by atoms with Crippen molar-refractivity contribution in [2.24, 2.45) is 0 Å². The molecule has 0 atom stereocenters. The third-order valence-corrected chi connectivity index (χ3v) is 3.36. The first-order valence-electron chi connectivity index (χ1n) is 4.79. The zero-order valence-electron chi connectivity index (χ0n) is 8.52. The van der Waals surface area contributed by atoms with Gasteiger partial charge in [0.05, 0.1) is 11.5 Å². The van der Waals surface area contributed by atoms with Crippen molar-refractivity contribution in [2.45, 2.75) is 24.2 Å². The Balaban J connectivity index is 2.84. The number of benzene rings is 1. The van der Waals surface area contributed by atoms with Crippen LogP contribution in [-0.2, 0) is 21.6 Å². The van der Waals surface area contributed by atoms with Crippen LogP contribution >= 0.6 is 11.6 Å². The van der Waals surface area contributed by atoms with Gasteiger partial charge in [-0.05, 0) is 37.0 Å². The van der Waals surface area contributed by atoms with Crippen molar-refractivity contribution in [2.75, 3.05) is 6.61 Å². The van der Waals surface area contributed by atoms with Gasteiger partial charge in [-0.3, -0.25) is 4.55 Å². The minimum absolute atomic E-state index is 0.124. The average molecular weight is 264 g/mol. The van der Waals surface area contributed by atoms with Gasteiger partial charge >= 0.3 is 0 Å². The predicted octanol–water partition coefficient (Wildman–Crippen LogP) is 2.34. The van der Waals surface area contributed by atoms with Gasteiger partial charge in [0.15, 0.2) is 0 Å². The highest BCUT2D eigenvalue weighted by Crippen LogP contribution is 2.22. The molecule has 6 heteroatoms. The molecule has 0 unspecified atom stereocenters. The maximum Gasteiger partial charge on any atom is 0.294 e. The Bertz CT molecular complexity index is 456. The Hall–Kier alpha value is -0.620. The summed E-state index contributed by atoms with van der Waals surface area (Å²) in [6, 6.07) is 4.06. The fraction of sp³-hybridized carbons (Fsp3) is 0.400. The van der Waals surface area contributed by atoms with E-state index in [1.807, 2.05) is 0 Å². The lowest BCUT2D eigenvalue weighted by Crippen LogP contribution is -1.99. The van der Waals surface area contributed by atoms with E-state index < -0.39 is 10.1 Å². The second kappa shape index (κ2) is 5.63. The fourth-order valence-corrected chi connectivity index (χ4v) is 2.16. The molecule has 4 nitrogen and oxygen atoms in total. The van der Waals surface area contributed by atoms with Crippen LogP contribution < -0.4 is 0 Å². The van der Waals surface area contributed by atoms with Crippen molar-refractivity contribution in [3.63, 3.8) is 0 Å². The van der Waals surface area contributed by atoms with Gasteiger partial charge in [-0.15, -0.1) is 0 Å². The summed E-state index contributed by atoms with van der Waals surface area (Å²) in [5.41, 5.74) is 0.780. The van der Waals surface area contributed by atoms with Crippen molar-refractivity contribution < 1.29 is 18.1 Å². The molecule has 0 aliphatic rings. The normalized spacial score (nSPS) is 11.7. The zero-order chi connectivity index (χ0) is 12.2. The van der Waals surface area contributed by atoms with Gasteiger partial charge in [-0.2, -0.15) is 8.42 Å². The van der Waals surface area contributed by atoms with Crippen molar-refractivity contribution >= 4 is 21.7 Å². The number of rotatable bonds is 5. The minimum atomic E-state index is -4.20. The number of hydrogen-bond donors (Lipinski definition) is 1. The van der Waals surface area contributed by atoms with Crippen LogP contribution in [0.1, 0.15) is 18.4 Å². The van der Waals surface area contributed by atoms with E-state index in [9.17, 15) is 13.5 Å². The zero-order valence-corrected chi connectivity index (χ0v) is 10.1. The van der Waals surface area contributed by atoms with E-state index in [0.717, 1.165) is 5.56 Å². The first kappa shape index (κ1) is 13.4. The molecule has 89 valence electrons. The highest BCUT2D eigenvalue weighted by molar-refractivity contribution is 7.85. The molecule has 1 rings (SSSR count). The Kier molecular flexibility index (Phi) is 4.73. The smallest absolute Gasteiger partial charge is 0.282 e. The topological polar surface area (TPSA) is 74.3 Å². The minimum Gasteiger partial charge on any atom is -0.282 e. The molecule has 0 aromatic heterocycles. The van der Waals surface area contributed by atoms with Gasteiger partial charge in [0.1, 0.15) is 0 Å². The largest absolute Gasteiger partial charge is 0.294 e. The summed E-state index contributed by atoms with van der Waals surface area (Å²) in [5.74, 6) is 0. The van der Waals surface area contributed by atoms with Crippen LogP contribution in [-0.4, -0.2) is 19.6 Å². The molecule has 0 spiro atoms. The van der Waals surface area contributed by atoms with E-state index in [-0.39, 0.29) is 11.5 Å². The summed E-state index contributed by atoms with van der Waals surface area (Å²) < 4.78 is 30.4. The Morgan fingerprint density at radius 2 is 1.94 bits per heavy atom. The van der Waals surface area contributed by atoms with Crippen molar-refractivity contribution in [1.29, 1.82) is 0 Å². The van der Waals surface area contributed by atoms with Crippen LogP contribution in [0, 0.1) is 0 Å². The number of unbranched alkanes of at least 4 members (excludes halogenated alkanes) is 1. The SMILES string of the molecule is [O]CCCCc1ccc(S(=O)(=O)O)cc1Cl. The summed E-state index contributed by atoms with van der Waals surface area (Å²) in [6.45, 7) is -0.124. The Morgan fingerprint density at radius 1 is 1.25 bits per heavy atom. The van der Waals surface area contributed by atoms with Gasteiger partial charge in [0, 0.05) is 5.02 Å². The molecule has 0 heterocycles. The van der Waals surface area contributed by atoms with Crippen LogP contribution in [0.5, 0.6) is 0 Å². The average Bonchev–Trinajstić information content (AvgIpc) is 2.19. The Labute approximate surface area is 99.6 Å². The van der Waals surface area contributed by atoms with Crippen LogP contribution in [0.4, 0.5) is 0 Å². The molecule has 16 heavy (non-hydrogen) atoms. The molecule has 0 bridgehead atoms. The molecule has 0 saturated heterocycles. The quantitative estimate of drug-likeness (QED) is 0.654. The van der Waals surface area contributed by atoms with Gasteiger partial charge < -0.3 is 0 Å². The number of hydrogen-bond acceptors (Lipinski definition) is 2. The molecule has 0 fully saturated rings. The van der Waals surface area contributed by atoms with Crippen LogP contribution in [0.2, 0.25) is 5.02 Å². The van der Waals surface area contributed by atoms with E-state index >= 15 is 0 Å². The molecule has 1 aromatic carbocycles. The van der Waals surface area contributed by atoms with Crippen LogP contribution in [0.15, 0.2) is 23.1 Å². The Morgan fingerprint density at radius 3 is 2.44 bits per heavy atom. The predicted molar refractivity (Wildman–Crippen MR) is 59.8 cm³/mol. The highest BCUT2D eigenvalue weighted by Gasteiger charge is 2.11. The van der Waals surface area contributed by atoms with Crippen molar-refractivity contribution in [1.82, 2.24) is 0 Å². The van der Waals surface area contributed by atoms with E-state index in [2.05, 4.69) is 0 Å².